The van der Waals surface area contributed by atoms with Crippen molar-refractivity contribution < 1.29 is 19.4 Å². The van der Waals surface area contributed by atoms with E-state index in [9.17, 15) is 4.79 Å². The number of amides is 1. The Balaban J connectivity index is 2.45. The zero-order chi connectivity index (χ0) is 11.3. The van der Waals surface area contributed by atoms with Gasteiger partial charge in [0.25, 0.3) is 0 Å². The second-order valence-corrected chi connectivity index (χ2v) is 3.67. The van der Waals surface area contributed by atoms with E-state index in [-0.39, 0.29) is 25.0 Å². The number of aliphatic hydroxyl groups excluding tert-OH is 1. The molecule has 0 aliphatic carbocycles. The molecule has 1 fully saturated rings. The van der Waals surface area contributed by atoms with Gasteiger partial charge in [-0.2, -0.15) is 0 Å². The van der Waals surface area contributed by atoms with E-state index in [0.717, 1.165) is 19.4 Å². The molecule has 1 atom stereocenters. The van der Waals surface area contributed by atoms with Gasteiger partial charge in [-0.1, -0.05) is 0 Å². The predicted molar refractivity (Wildman–Crippen MR) is 54.2 cm³/mol. The van der Waals surface area contributed by atoms with Gasteiger partial charge in [0.1, 0.15) is 0 Å². The summed E-state index contributed by atoms with van der Waals surface area (Å²) in [5, 5.41) is 9.08. The van der Waals surface area contributed by atoms with Crippen LogP contribution in [-0.4, -0.2) is 55.6 Å². The third kappa shape index (κ3) is 3.15. The van der Waals surface area contributed by atoms with Gasteiger partial charge in [0.2, 0.25) is 5.91 Å². The highest BCUT2D eigenvalue weighted by atomic mass is 16.7. The van der Waals surface area contributed by atoms with Crippen molar-refractivity contribution in [3.63, 3.8) is 0 Å². The predicted octanol–water partition coefficient (Wildman–Crippen LogP) is -0.0213. The monoisotopic (exact) mass is 217 g/mol. The van der Waals surface area contributed by atoms with Crippen molar-refractivity contribution >= 4 is 5.91 Å². The van der Waals surface area contributed by atoms with Crippen molar-refractivity contribution in [2.24, 2.45) is 0 Å². The van der Waals surface area contributed by atoms with Crippen LogP contribution >= 0.6 is 0 Å². The Labute approximate surface area is 90.0 Å². The highest BCUT2D eigenvalue weighted by Gasteiger charge is 2.29. The number of carbonyl (C=O) groups is 1. The van der Waals surface area contributed by atoms with E-state index in [4.69, 9.17) is 14.6 Å². The molecule has 5 nitrogen and oxygen atoms in total. The number of likely N-dealkylation sites (tertiary alicyclic amines) is 1. The molecule has 0 radical (unpaired) electrons. The molecule has 1 aliphatic heterocycles. The first kappa shape index (κ1) is 12.4. The van der Waals surface area contributed by atoms with E-state index < -0.39 is 6.29 Å². The normalized spacial score (nSPS) is 21.3. The Kier molecular flexibility index (Phi) is 5.01. The van der Waals surface area contributed by atoms with E-state index in [2.05, 4.69) is 0 Å². The van der Waals surface area contributed by atoms with Crippen LogP contribution in [0.1, 0.15) is 19.3 Å². The molecule has 0 saturated carbocycles. The minimum Gasteiger partial charge on any atom is -0.394 e. The van der Waals surface area contributed by atoms with Crippen LogP contribution in [0.25, 0.3) is 0 Å². The molecule has 88 valence electrons. The van der Waals surface area contributed by atoms with Crippen molar-refractivity contribution in [2.45, 2.75) is 31.6 Å². The molecule has 15 heavy (non-hydrogen) atoms. The van der Waals surface area contributed by atoms with Crippen molar-refractivity contribution in [2.75, 3.05) is 27.4 Å². The molecule has 1 unspecified atom stereocenters. The molecule has 1 heterocycles. The summed E-state index contributed by atoms with van der Waals surface area (Å²) in [7, 11) is 3.02. The van der Waals surface area contributed by atoms with Gasteiger partial charge in [-0.15, -0.1) is 0 Å². The fourth-order valence-corrected chi connectivity index (χ4v) is 1.88. The van der Waals surface area contributed by atoms with Crippen LogP contribution in [0.15, 0.2) is 0 Å². The molecule has 1 aliphatic rings. The van der Waals surface area contributed by atoms with Gasteiger partial charge in [0.15, 0.2) is 6.29 Å². The Morgan fingerprint density at radius 1 is 1.53 bits per heavy atom. The van der Waals surface area contributed by atoms with E-state index in [1.165, 1.54) is 14.2 Å². The highest BCUT2D eigenvalue weighted by molar-refractivity contribution is 5.77. The Bertz CT molecular complexity index is 206. The molecule has 0 aromatic heterocycles. The molecule has 1 rings (SSSR count). The summed E-state index contributed by atoms with van der Waals surface area (Å²) in [5.74, 6) is -0.0137. The largest absolute Gasteiger partial charge is 0.394 e. The van der Waals surface area contributed by atoms with Gasteiger partial charge < -0.3 is 19.5 Å². The smallest absolute Gasteiger partial charge is 0.228 e. The first-order chi connectivity index (χ1) is 7.22. The number of aliphatic hydroxyl groups is 1. The van der Waals surface area contributed by atoms with E-state index in [1.54, 1.807) is 4.90 Å². The van der Waals surface area contributed by atoms with Gasteiger partial charge in [-0.05, 0) is 12.8 Å². The number of carbonyl (C=O) groups excluding carboxylic acids is 1. The SMILES string of the molecule is COC(CC(=O)N1CCCC1CO)OC. The average Bonchev–Trinajstić information content (AvgIpc) is 2.73. The van der Waals surface area contributed by atoms with Crippen molar-refractivity contribution in [3.8, 4) is 0 Å². The first-order valence-electron chi connectivity index (χ1n) is 5.18. The number of methoxy groups -OCH3 is 2. The summed E-state index contributed by atoms with van der Waals surface area (Å²) in [5.41, 5.74) is 0. The van der Waals surface area contributed by atoms with Gasteiger partial charge >= 0.3 is 0 Å². The molecule has 1 N–H and O–H groups in total. The first-order valence-corrected chi connectivity index (χ1v) is 5.18. The summed E-state index contributed by atoms with van der Waals surface area (Å²) in [6, 6.07) is -0.0214. The quantitative estimate of drug-likeness (QED) is 0.657. The second kappa shape index (κ2) is 6.05. The van der Waals surface area contributed by atoms with Crippen LogP contribution < -0.4 is 0 Å². The molecule has 0 bridgehead atoms. The van der Waals surface area contributed by atoms with Crippen LogP contribution in [-0.2, 0) is 14.3 Å². The summed E-state index contributed by atoms with van der Waals surface area (Å²) in [6.07, 6.45) is 1.57. The van der Waals surface area contributed by atoms with E-state index in [1.807, 2.05) is 0 Å². The third-order valence-corrected chi connectivity index (χ3v) is 2.78. The van der Waals surface area contributed by atoms with Crippen LogP contribution in [0.3, 0.4) is 0 Å². The molecule has 1 saturated heterocycles. The highest BCUT2D eigenvalue weighted by Crippen LogP contribution is 2.18. The molecule has 0 spiro atoms. The van der Waals surface area contributed by atoms with Crippen LogP contribution in [0.2, 0.25) is 0 Å². The Hall–Kier alpha value is -0.650. The molecule has 0 aromatic carbocycles. The lowest BCUT2D eigenvalue weighted by Crippen LogP contribution is -2.39. The summed E-state index contributed by atoms with van der Waals surface area (Å²) in [6.45, 7) is 0.764. The summed E-state index contributed by atoms with van der Waals surface area (Å²) in [4.78, 5) is 13.5. The second-order valence-electron chi connectivity index (χ2n) is 3.67. The summed E-state index contributed by atoms with van der Waals surface area (Å²) >= 11 is 0. The molecule has 5 heteroatoms. The fourth-order valence-electron chi connectivity index (χ4n) is 1.88. The van der Waals surface area contributed by atoms with Gasteiger partial charge in [0.05, 0.1) is 19.1 Å². The number of hydrogen-bond acceptors (Lipinski definition) is 4. The Morgan fingerprint density at radius 2 is 2.20 bits per heavy atom. The number of ether oxygens (including phenoxy) is 2. The maximum Gasteiger partial charge on any atom is 0.228 e. The lowest BCUT2D eigenvalue weighted by molar-refractivity contribution is -0.149. The maximum absolute atomic E-state index is 11.8. The fraction of sp³-hybridized carbons (Fsp3) is 0.900. The lowest BCUT2D eigenvalue weighted by atomic mass is 10.2. The third-order valence-electron chi connectivity index (χ3n) is 2.78. The van der Waals surface area contributed by atoms with Crippen LogP contribution in [0, 0.1) is 0 Å². The Morgan fingerprint density at radius 3 is 2.73 bits per heavy atom. The average molecular weight is 217 g/mol. The molecular weight excluding hydrogens is 198 g/mol. The number of rotatable bonds is 5. The van der Waals surface area contributed by atoms with Crippen molar-refractivity contribution in [3.05, 3.63) is 0 Å². The maximum atomic E-state index is 11.8. The lowest BCUT2D eigenvalue weighted by Gasteiger charge is -2.24. The zero-order valence-electron chi connectivity index (χ0n) is 9.31. The minimum absolute atomic E-state index is 0.0137. The van der Waals surface area contributed by atoms with Crippen molar-refractivity contribution in [1.82, 2.24) is 4.90 Å². The minimum atomic E-state index is -0.488. The van der Waals surface area contributed by atoms with Gasteiger partial charge in [-0.3, -0.25) is 4.79 Å². The summed E-state index contributed by atoms with van der Waals surface area (Å²) < 4.78 is 9.93. The zero-order valence-corrected chi connectivity index (χ0v) is 9.31. The topological polar surface area (TPSA) is 59.0 Å². The van der Waals surface area contributed by atoms with Crippen LogP contribution in [0.4, 0.5) is 0 Å². The van der Waals surface area contributed by atoms with Crippen molar-refractivity contribution in [1.29, 1.82) is 0 Å². The standard InChI is InChI=1S/C10H19NO4/c1-14-10(15-2)6-9(13)11-5-3-4-8(11)7-12/h8,10,12H,3-7H2,1-2H3. The van der Waals surface area contributed by atoms with Gasteiger partial charge in [0, 0.05) is 20.8 Å². The van der Waals surface area contributed by atoms with Crippen LogP contribution in [0.5, 0.6) is 0 Å². The van der Waals surface area contributed by atoms with E-state index >= 15 is 0 Å². The van der Waals surface area contributed by atoms with Gasteiger partial charge in [-0.25, -0.2) is 0 Å². The molecular formula is C10H19NO4. The number of nitrogens with zero attached hydrogens (tertiary/aromatic N) is 1. The molecule has 0 aromatic rings. The van der Waals surface area contributed by atoms with E-state index in [0.29, 0.717) is 0 Å². The molecule has 1 amide bonds. The number of hydrogen-bond donors (Lipinski definition) is 1.